The van der Waals surface area contributed by atoms with Crippen molar-refractivity contribution in [2.75, 3.05) is 17.7 Å². The summed E-state index contributed by atoms with van der Waals surface area (Å²) in [7, 11) is 1.57. The quantitative estimate of drug-likeness (QED) is 0.109. The van der Waals surface area contributed by atoms with Crippen molar-refractivity contribution in [2.45, 2.75) is 17.1 Å². The summed E-state index contributed by atoms with van der Waals surface area (Å²) in [6.07, 6.45) is 1.60. The van der Waals surface area contributed by atoms with Crippen LogP contribution in [0.5, 0.6) is 5.75 Å². The lowest BCUT2D eigenvalue weighted by molar-refractivity contribution is -0.116. The van der Waals surface area contributed by atoms with E-state index in [0.717, 1.165) is 15.5 Å². The van der Waals surface area contributed by atoms with Gasteiger partial charge in [-0.3, -0.25) is 19.7 Å². The van der Waals surface area contributed by atoms with E-state index >= 15 is 0 Å². The normalized spacial score (nSPS) is 11.7. The number of ether oxygens (including phenoxy) is 1. The summed E-state index contributed by atoms with van der Waals surface area (Å²) >= 11 is 2.64. The smallest absolute Gasteiger partial charge is 0.272 e. The lowest BCUT2D eigenvalue weighted by Gasteiger charge is -2.17. The summed E-state index contributed by atoms with van der Waals surface area (Å²) in [5.74, 6) is -0.509. The number of methoxy groups -OCH3 is 1. The summed E-state index contributed by atoms with van der Waals surface area (Å²) in [6.45, 7) is 1.82. The Labute approximate surface area is 268 Å². The fourth-order valence-corrected chi connectivity index (χ4v) is 5.89. The predicted octanol–water partition coefficient (Wildman–Crippen LogP) is 6.74. The minimum atomic E-state index is -0.600. The van der Waals surface area contributed by atoms with Gasteiger partial charge in [-0.15, -0.1) is 22.0 Å². The second kappa shape index (κ2) is 15.0. The summed E-state index contributed by atoms with van der Waals surface area (Å²) in [4.78, 5) is 40.7. The van der Waals surface area contributed by atoms with Crippen molar-refractivity contribution in [1.29, 1.82) is 0 Å². The number of thioether (sulfide) groups is 1. The number of aryl methyl sites for hydroxylation is 1. The van der Waals surface area contributed by atoms with Gasteiger partial charge in [0.1, 0.15) is 21.7 Å². The first-order valence-corrected chi connectivity index (χ1v) is 15.5. The van der Waals surface area contributed by atoms with E-state index < -0.39 is 17.1 Å². The first-order valence-electron chi connectivity index (χ1n) is 13.8. The molecule has 11 heteroatoms. The summed E-state index contributed by atoms with van der Waals surface area (Å²) in [5, 5.41) is 17.1. The van der Waals surface area contributed by atoms with E-state index in [1.807, 2.05) is 49.4 Å². The van der Waals surface area contributed by atoms with Crippen LogP contribution in [0.25, 0.3) is 6.08 Å². The highest BCUT2D eigenvalue weighted by molar-refractivity contribution is 8.00. The van der Waals surface area contributed by atoms with Gasteiger partial charge >= 0.3 is 0 Å². The zero-order valence-electron chi connectivity index (χ0n) is 24.4. The molecular weight excluding hydrogens is 607 g/mol. The second-order valence-electron chi connectivity index (χ2n) is 9.66. The van der Waals surface area contributed by atoms with Crippen LogP contribution in [0.3, 0.4) is 0 Å². The molecule has 4 aromatic carbocycles. The molecule has 3 N–H and O–H groups in total. The van der Waals surface area contributed by atoms with E-state index in [1.54, 1.807) is 79.9 Å². The molecule has 0 spiro atoms. The van der Waals surface area contributed by atoms with Crippen molar-refractivity contribution in [3.63, 3.8) is 0 Å². The van der Waals surface area contributed by atoms with Crippen LogP contribution in [-0.4, -0.2) is 35.0 Å². The third kappa shape index (κ3) is 8.65. The highest BCUT2D eigenvalue weighted by atomic mass is 32.2. The third-order valence-electron chi connectivity index (χ3n) is 6.40. The maximum Gasteiger partial charge on any atom is 0.272 e. The van der Waals surface area contributed by atoms with Crippen molar-refractivity contribution in [3.05, 3.63) is 137 Å². The van der Waals surface area contributed by atoms with Crippen LogP contribution in [-0.2, 0) is 9.59 Å². The number of hydrogen-bond acceptors (Lipinski definition) is 8. The molecule has 0 bridgehead atoms. The van der Waals surface area contributed by atoms with Crippen LogP contribution in [0.2, 0.25) is 0 Å². The highest BCUT2D eigenvalue weighted by Crippen LogP contribution is 2.37. The molecule has 0 saturated carbocycles. The average Bonchev–Trinajstić information content (AvgIpc) is 3.48. The van der Waals surface area contributed by atoms with Gasteiger partial charge < -0.3 is 15.4 Å². The Bertz CT molecular complexity index is 1810. The second-order valence-corrected chi connectivity index (χ2v) is 12.0. The molecule has 1 aromatic heterocycles. The Balaban J connectivity index is 1.37. The van der Waals surface area contributed by atoms with Crippen LogP contribution in [0, 0.1) is 6.92 Å². The van der Waals surface area contributed by atoms with E-state index in [1.165, 1.54) is 23.1 Å². The van der Waals surface area contributed by atoms with Crippen molar-refractivity contribution in [1.82, 2.24) is 15.5 Å². The minimum Gasteiger partial charge on any atom is -0.497 e. The SMILES string of the molecule is COc1ccc(/C=C(/NC(=O)c2ccccc2)C(=O)Nc2cccc(SC(C(=O)Nc3nnc(C)s3)c3ccccc3)c2)cc1. The maximum atomic E-state index is 13.6. The molecule has 3 amide bonds. The lowest BCUT2D eigenvalue weighted by Crippen LogP contribution is -2.30. The number of aromatic nitrogens is 2. The standard InChI is InChI=1S/C34H29N5O4S2/c1-22-38-39-34(44-22)37-33(42)30(24-10-5-3-6-11-24)45-28-15-9-14-26(21-28)35-32(41)29(20-23-16-18-27(43-2)19-17-23)36-31(40)25-12-7-4-8-13-25/h3-21,30H,1-2H3,(H,35,41)(H,36,40)(H,37,39,42)/b29-20+. The van der Waals surface area contributed by atoms with E-state index in [4.69, 9.17) is 4.74 Å². The number of benzene rings is 4. The summed E-state index contributed by atoms with van der Waals surface area (Å²) in [5.41, 5.74) is 2.47. The molecule has 0 aliphatic carbocycles. The molecule has 9 nitrogen and oxygen atoms in total. The van der Waals surface area contributed by atoms with E-state index in [-0.39, 0.29) is 11.6 Å². The van der Waals surface area contributed by atoms with Crippen LogP contribution < -0.4 is 20.7 Å². The van der Waals surface area contributed by atoms with Crippen LogP contribution in [0.4, 0.5) is 10.8 Å². The Kier molecular flexibility index (Phi) is 10.4. The van der Waals surface area contributed by atoms with Gasteiger partial charge in [0, 0.05) is 16.1 Å². The number of rotatable bonds is 11. The van der Waals surface area contributed by atoms with Crippen LogP contribution >= 0.6 is 23.1 Å². The monoisotopic (exact) mass is 635 g/mol. The fourth-order valence-electron chi connectivity index (χ4n) is 4.21. The van der Waals surface area contributed by atoms with Crippen molar-refractivity contribution < 1.29 is 19.1 Å². The maximum absolute atomic E-state index is 13.6. The van der Waals surface area contributed by atoms with Gasteiger partial charge in [-0.25, -0.2) is 0 Å². The molecule has 1 heterocycles. The van der Waals surface area contributed by atoms with E-state index in [2.05, 4.69) is 26.1 Å². The number of nitrogens with zero attached hydrogens (tertiary/aromatic N) is 2. The van der Waals surface area contributed by atoms with Gasteiger partial charge in [0.15, 0.2) is 0 Å². The molecule has 226 valence electrons. The summed E-state index contributed by atoms with van der Waals surface area (Å²) < 4.78 is 5.23. The Morgan fingerprint density at radius 2 is 1.56 bits per heavy atom. The lowest BCUT2D eigenvalue weighted by atomic mass is 10.1. The molecule has 0 fully saturated rings. The van der Waals surface area contributed by atoms with Crippen molar-refractivity contribution in [2.24, 2.45) is 0 Å². The highest BCUT2D eigenvalue weighted by Gasteiger charge is 2.24. The molecule has 0 radical (unpaired) electrons. The molecule has 45 heavy (non-hydrogen) atoms. The first-order chi connectivity index (χ1) is 21.9. The van der Waals surface area contributed by atoms with Gasteiger partial charge in [0.05, 0.1) is 7.11 Å². The Morgan fingerprint density at radius 3 is 2.22 bits per heavy atom. The third-order valence-corrected chi connectivity index (χ3v) is 8.40. The van der Waals surface area contributed by atoms with Gasteiger partial charge in [0.25, 0.3) is 11.8 Å². The van der Waals surface area contributed by atoms with E-state index in [0.29, 0.717) is 27.7 Å². The van der Waals surface area contributed by atoms with Crippen LogP contribution in [0.1, 0.15) is 31.7 Å². The number of hydrogen-bond donors (Lipinski definition) is 3. The Hall–Kier alpha value is -5.26. The van der Waals surface area contributed by atoms with Gasteiger partial charge in [-0.1, -0.05) is 78.1 Å². The molecule has 5 rings (SSSR count). The molecule has 1 atom stereocenters. The van der Waals surface area contributed by atoms with Gasteiger partial charge in [0.2, 0.25) is 11.0 Å². The topological polar surface area (TPSA) is 122 Å². The molecule has 5 aromatic rings. The minimum absolute atomic E-state index is 0.0565. The number of anilines is 2. The van der Waals surface area contributed by atoms with Gasteiger partial charge in [-0.2, -0.15) is 0 Å². The van der Waals surface area contributed by atoms with Crippen molar-refractivity contribution in [3.8, 4) is 5.75 Å². The van der Waals surface area contributed by atoms with Crippen LogP contribution in [0.15, 0.2) is 120 Å². The number of amides is 3. The first kappa shape index (κ1) is 31.2. The summed E-state index contributed by atoms with van der Waals surface area (Å²) in [6, 6.07) is 32.4. The zero-order valence-corrected chi connectivity index (χ0v) is 26.0. The number of nitrogens with one attached hydrogen (secondary N) is 3. The number of carbonyl (C=O) groups excluding carboxylic acids is 3. The fraction of sp³-hybridized carbons (Fsp3) is 0.0882. The largest absolute Gasteiger partial charge is 0.497 e. The zero-order chi connectivity index (χ0) is 31.6. The van der Waals surface area contributed by atoms with Gasteiger partial charge in [-0.05, 0) is 66.6 Å². The van der Waals surface area contributed by atoms with Crippen molar-refractivity contribution >= 4 is 57.7 Å². The number of carbonyl (C=O) groups is 3. The van der Waals surface area contributed by atoms with E-state index in [9.17, 15) is 14.4 Å². The molecular formula is C34H29N5O4S2. The molecule has 1 unspecified atom stereocenters. The Morgan fingerprint density at radius 1 is 0.844 bits per heavy atom. The molecule has 0 aliphatic rings. The molecule has 0 saturated heterocycles. The average molecular weight is 636 g/mol. The predicted molar refractivity (Wildman–Crippen MR) is 178 cm³/mol. The molecule has 0 aliphatic heterocycles.